The molecule has 0 bridgehead atoms. The van der Waals surface area contributed by atoms with Crippen molar-refractivity contribution in [3.8, 4) is 0 Å². The number of hydrogen-bond acceptors (Lipinski definition) is 3. The molecule has 1 aromatic heterocycles. The Morgan fingerprint density at radius 3 is 2.94 bits per heavy atom. The van der Waals surface area contributed by atoms with Crippen LogP contribution in [0.25, 0.3) is 0 Å². The minimum Gasteiger partial charge on any atom is -0.444 e. The fourth-order valence-corrected chi connectivity index (χ4v) is 2.26. The molecule has 0 radical (unpaired) electrons. The van der Waals surface area contributed by atoms with Gasteiger partial charge in [0.25, 0.3) is 5.91 Å². The quantitative estimate of drug-likeness (QED) is 0.904. The minimum atomic E-state index is -0.360. The first kappa shape index (κ1) is 11.7. The molecular formula is C11H14BrNO3. The minimum absolute atomic E-state index is 0.103. The van der Waals surface area contributed by atoms with Crippen LogP contribution in [-0.2, 0) is 0 Å². The highest BCUT2D eigenvalue weighted by molar-refractivity contribution is 9.10. The van der Waals surface area contributed by atoms with Crippen LogP contribution < -0.4 is 0 Å². The number of aliphatic hydroxyl groups excluding tert-OH is 1. The summed E-state index contributed by atoms with van der Waals surface area (Å²) in [7, 11) is 0. The van der Waals surface area contributed by atoms with Crippen LogP contribution in [0, 0.1) is 5.92 Å². The molecule has 1 saturated heterocycles. The number of amides is 1. The van der Waals surface area contributed by atoms with Crippen molar-refractivity contribution in [1.29, 1.82) is 0 Å². The van der Waals surface area contributed by atoms with E-state index in [4.69, 9.17) is 4.42 Å². The van der Waals surface area contributed by atoms with Crippen molar-refractivity contribution in [2.45, 2.75) is 19.4 Å². The van der Waals surface area contributed by atoms with Gasteiger partial charge in [-0.2, -0.15) is 0 Å². The maximum Gasteiger partial charge on any atom is 0.289 e. The van der Waals surface area contributed by atoms with Gasteiger partial charge in [0.15, 0.2) is 10.4 Å². The Morgan fingerprint density at radius 2 is 2.44 bits per heavy atom. The first-order valence-corrected chi connectivity index (χ1v) is 6.10. The third kappa shape index (κ3) is 2.30. The average molecular weight is 288 g/mol. The first-order chi connectivity index (χ1) is 7.58. The van der Waals surface area contributed by atoms with Crippen molar-refractivity contribution in [3.05, 3.63) is 22.6 Å². The van der Waals surface area contributed by atoms with Crippen LogP contribution in [0.5, 0.6) is 0 Å². The lowest BCUT2D eigenvalue weighted by Crippen LogP contribution is -2.30. The molecule has 1 fully saturated rings. The van der Waals surface area contributed by atoms with Crippen molar-refractivity contribution in [2.75, 3.05) is 13.1 Å². The van der Waals surface area contributed by atoms with Crippen molar-refractivity contribution < 1.29 is 14.3 Å². The van der Waals surface area contributed by atoms with Gasteiger partial charge in [-0.3, -0.25) is 4.79 Å². The normalized spacial score (nSPS) is 22.4. The third-order valence-electron chi connectivity index (χ3n) is 2.98. The summed E-state index contributed by atoms with van der Waals surface area (Å²) < 4.78 is 5.77. The molecule has 2 atom stereocenters. The van der Waals surface area contributed by atoms with Crippen LogP contribution in [0.3, 0.4) is 0 Å². The lowest BCUT2D eigenvalue weighted by Gasteiger charge is -2.16. The van der Waals surface area contributed by atoms with E-state index >= 15 is 0 Å². The summed E-state index contributed by atoms with van der Waals surface area (Å²) in [5.41, 5.74) is 0. The van der Waals surface area contributed by atoms with Crippen LogP contribution in [0.2, 0.25) is 0 Å². The fraction of sp³-hybridized carbons (Fsp3) is 0.545. The Hall–Kier alpha value is -0.810. The molecule has 1 aliphatic heterocycles. The van der Waals surface area contributed by atoms with Gasteiger partial charge in [0, 0.05) is 19.0 Å². The first-order valence-electron chi connectivity index (χ1n) is 5.30. The Bertz CT molecular complexity index is 388. The molecule has 4 nitrogen and oxygen atoms in total. The second-order valence-electron chi connectivity index (χ2n) is 4.14. The summed E-state index contributed by atoms with van der Waals surface area (Å²) in [6.45, 7) is 3.06. The Morgan fingerprint density at radius 1 is 1.69 bits per heavy atom. The van der Waals surface area contributed by atoms with Crippen LogP contribution >= 0.6 is 15.9 Å². The summed E-state index contributed by atoms with van der Waals surface area (Å²) >= 11 is 3.17. The van der Waals surface area contributed by atoms with Crippen LogP contribution in [-0.4, -0.2) is 35.1 Å². The smallest absolute Gasteiger partial charge is 0.289 e. The Kier molecular flexibility index (Phi) is 3.35. The number of carbonyl (C=O) groups is 1. The summed E-state index contributed by atoms with van der Waals surface area (Å²) in [4.78, 5) is 13.7. The highest BCUT2D eigenvalue weighted by Crippen LogP contribution is 2.23. The number of carbonyl (C=O) groups excluding carboxylic acids is 1. The van der Waals surface area contributed by atoms with Gasteiger partial charge in [0.05, 0.1) is 6.10 Å². The molecule has 1 aliphatic rings. The zero-order valence-electron chi connectivity index (χ0n) is 9.02. The fourth-order valence-electron chi connectivity index (χ4n) is 1.95. The van der Waals surface area contributed by atoms with Crippen LogP contribution in [0.4, 0.5) is 0 Å². The van der Waals surface area contributed by atoms with Gasteiger partial charge in [-0.15, -0.1) is 0 Å². The SMILES string of the molecule is CC(O)C1CCN(C(=O)c2ccc(Br)o2)C1. The molecular weight excluding hydrogens is 274 g/mol. The molecule has 0 saturated carbocycles. The summed E-state index contributed by atoms with van der Waals surface area (Å²) in [5.74, 6) is 0.425. The van der Waals surface area contributed by atoms with Crippen molar-refractivity contribution in [1.82, 2.24) is 4.90 Å². The van der Waals surface area contributed by atoms with Crippen molar-refractivity contribution >= 4 is 21.8 Å². The molecule has 0 aromatic carbocycles. The van der Waals surface area contributed by atoms with E-state index in [2.05, 4.69) is 15.9 Å². The highest BCUT2D eigenvalue weighted by atomic mass is 79.9. The van der Waals surface area contributed by atoms with Gasteiger partial charge in [0.1, 0.15) is 0 Å². The molecule has 2 heterocycles. The zero-order valence-corrected chi connectivity index (χ0v) is 10.6. The molecule has 16 heavy (non-hydrogen) atoms. The van der Waals surface area contributed by atoms with Gasteiger partial charge in [0.2, 0.25) is 0 Å². The van der Waals surface area contributed by atoms with E-state index in [1.807, 2.05) is 0 Å². The molecule has 5 heteroatoms. The third-order valence-corrected chi connectivity index (χ3v) is 3.40. The summed E-state index contributed by atoms with van der Waals surface area (Å²) in [6, 6.07) is 3.36. The van der Waals surface area contributed by atoms with Gasteiger partial charge in [-0.1, -0.05) is 0 Å². The predicted octanol–water partition coefficient (Wildman–Crippen LogP) is 1.89. The zero-order chi connectivity index (χ0) is 11.7. The second-order valence-corrected chi connectivity index (χ2v) is 4.93. The van der Waals surface area contributed by atoms with Gasteiger partial charge in [-0.25, -0.2) is 0 Å². The molecule has 2 unspecified atom stereocenters. The summed E-state index contributed by atoms with van der Waals surface area (Å²) in [5, 5.41) is 9.46. The molecule has 0 spiro atoms. The Labute approximate surface area is 102 Å². The number of furan rings is 1. The van der Waals surface area contributed by atoms with E-state index in [1.165, 1.54) is 0 Å². The number of nitrogens with zero attached hydrogens (tertiary/aromatic N) is 1. The van der Waals surface area contributed by atoms with Gasteiger partial charge >= 0.3 is 0 Å². The number of aliphatic hydroxyl groups is 1. The lowest BCUT2D eigenvalue weighted by molar-refractivity contribution is 0.0730. The lowest BCUT2D eigenvalue weighted by atomic mass is 10.0. The van der Waals surface area contributed by atoms with Gasteiger partial charge in [-0.05, 0) is 41.4 Å². The molecule has 2 rings (SSSR count). The van der Waals surface area contributed by atoms with Gasteiger partial charge < -0.3 is 14.4 Å². The number of rotatable bonds is 2. The maximum absolute atomic E-state index is 12.0. The molecule has 1 N–H and O–H groups in total. The Balaban J connectivity index is 2.02. The highest BCUT2D eigenvalue weighted by Gasteiger charge is 2.30. The topological polar surface area (TPSA) is 53.7 Å². The van der Waals surface area contributed by atoms with Crippen molar-refractivity contribution in [2.24, 2.45) is 5.92 Å². The standard InChI is InChI=1S/C11H14BrNO3/c1-7(14)8-4-5-13(6-8)11(15)9-2-3-10(12)16-9/h2-3,7-8,14H,4-6H2,1H3. The van der Waals surface area contributed by atoms with E-state index < -0.39 is 0 Å². The maximum atomic E-state index is 12.0. The molecule has 0 aliphatic carbocycles. The van der Waals surface area contributed by atoms with Crippen LogP contribution in [0.15, 0.2) is 21.2 Å². The van der Waals surface area contributed by atoms with E-state index in [9.17, 15) is 9.90 Å². The van der Waals surface area contributed by atoms with E-state index in [1.54, 1.807) is 24.0 Å². The number of hydrogen-bond donors (Lipinski definition) is 1. The monoisotopic (exact) mass is 287 g/mol. The van der Waals surface area contributed by atoms with E-state index in [0.29, 0.717) is 23.5 Å². The molecule has 88 valence electrons. The van der Waals surface area contributed by atoms with E-state index in [-0.39, 0.29) is 17.9 Å². The summed E-state index contributed by atoms with van der Waals surface area (Å²) in [6.07, 6.45) is 0.492. The second kappa shape index (κ2) is 4.59. The number of likely N-dealkylation sites (tertiary alicyclic amines) is 1. The van der Waals surface area contributed by atoms with Crippen molar-refractivity contribution in [3.63, 3.8) is 0 Å². The number of halogens is 1. The largest absolute Gasteiger partial charge is 0.444 e. The molecule has 1 amide bonds. The molecule has 1 aromatic rings. The average Bonchev–Trinajstić information content (AvgIpc) is 2.84. The van der Waals surface area contributed by atoms with E-state index in [0.717, 1.165) is 6.42 Å². The van der Waals surface area contributed by atoms with Crippen LogP contribution in [0.1, 0.15) is 23.9 Å². The predicted molar refractivity (Wildman–Crippen MR) is 62.1 cm³/mol.